The van der Waals surface area contributed by atoms with Crippen molar-refractivity contribution < 1.29 is 8.42 Å². The number of imidazole rings is 1. The van der Waals surface area contributed by atoms with Gasteiger partial charge >= 0.3 is 0 Å². The first-order valence-corrected chi connectivity index (χ1v) is 9.32. The predicted molar refractivity (Wildman–Crippen MR) is 88.6 cm³/mol. The summed E-state index contributed by atoms with van der Waals surface area (Å²) >= 11 is 1.29. The van der Waals surface area contributed by atoms with E-state index >= 15 is 0 Å². The molecule has 0 fully saturated rings. The third-order valence-electron chi connectivity index (χ3n) is 3.38. The average Bonchev–Trinajstić information content (AvgIpc) is 3.11. The fraction of sp³-hybridized carbons (Fsp3) is 0.267. The first-order valence-electron chi connectivity index (χ1n) is 7.02. The summed E-state index contributed by atoms with van der Waals surface area (Å²) in [5, 5.41) is 0. The number of sulfonamides is 1. The van der Waals surface area contributed by atoms with Gasteiger partial charge in [0.1, 0.15) is 4.21 Å². The van der Waals surface area contributed by atoms with Crippen LogP contribution in [0.25, 0.3) is 11.0 Å². The van der Waals surface area contributed by atoms with E-state index in [4.69, 9.17) is 0 Å². The number of nitrogens with one attached hydrogen (secondary N) is 1. The summed E-state index contributed by atoms with van der Waals surface area (Å²) in [5.41, 5.74) is 2.02. The molecule has 0 bridgehead atoms. The van der Waals surface area contributed by atoms with Crippen LogP contribution >= 0.6 is 11.3 Å². The molecule has 2 heterocycles. The monoisotopic (exact) mass is 335 g/mol. The largest absolute Gasteiger partial charge is 0.331 e. The molecule has 0 aliphatic carbocycles. The van der Waals surface area contributed by atoms with Gasteiger partial charge in [-0.3, -0.25) is 0 Å². The Morgan fingerprint density at radius 3 is 2.82 bits per heavy atom. The van der Waals surface area contributed by atoms with Gasteiger partial charge in [0.25, 0.3) is 0 Å². The smallest absolute Gasteiger partial charge is 0.250 e. The molecule has 5 nitrogen and oxygen atoms in total. The van der Waals surface area contributed by atoms with Crippen molar-refractivity contribution in [3.63, 3.8) is 0 Å². The molecule has 0 unspecified atom stereocenters. The Morgan fingerprint density at radius 1 is 1.23 bits per heavy atom. The molecule has 0 aliphatic rings. The first kappa shape index (κ1) is 15.2. The number of aryl methyl sites for hydroxylation is 2. The van der Waals surface area contributed by atoms with Crippen LogP contribution in [0.4, 0.5) is 0 Å². The summed E-state index contributed by atoms with van der Waals surface area (Å²) in [5.74, 6) is 0. The minimum atomic E-state index is -3.38. The number of hydrogen-bond donors (Lipinski definition) is 1. The highest BCUT2D eigenvalue weighted by Crippen LogP contribution is 2.20. The molecule has 7 heteroatoms. The molecule has 0 saturated heterocycles. The van der Waals surface area contributed by atoms with Crippen molar-refractivity contribution in [2.75, 3.05) is 6.54 Å². The van der Waals surface area contributed by atoms with E-state index in [9.17, 15) is 8.42 Å². The van der Waals surface area contributed by atoms with Crippen LogP contribution in [-0.4, -0.2) is 24.5 Å². The normalized spacial score (nSPS) is 12.0. The Bertz CT molecular complexity index is 881. The maximum absolute atomic E-state index is 12.1. The molecule has 1 aromatic carbocycles. The molecule has 0 saturated carbocycles. The van der Waals surface area contributed by atoms with E-state index in [1.165, 1.54) is 11.3 Å². The number of rotatable bonds is 6. The van der Waals surface area contributed by atoms with Gasteiger partial charge in [-0.25, -0.2) is 18.1 Å². The first-order chi connectivity index (χ1) is 10.6. The lowest BCUT2D eigenvalue weighted by Crippen LogP contribution is -2.24. The van der Waals surface area contributed by atoms with Crippen LogP contribution in [0.3, 0.4) is 0 Å². The van der Waals surface area contributed by atoms with E-state index < -0.39 is 10.0 Å². The molecule has 0 atom stereocenters. The quantitative estimate of drug-likeness (QED) is 0.705. The lowest BCUT2D eigenvalue weighted by Gasteiger charge is -2.06. The zero-order valence-electron chi connectivity index (χ0n) is 12.2. The van der Waals surface area contributed by atoms with Crippen molar-refractivity contribution >= 4 is 32.4 Å². The molecular formula is C15H17N3O2S2. The van der Waals surface area contributed by atoms with Gasteiger partial charge in [0, 0.05) is 18.0 Å². The molecule has 0 amide bonds. The number of nitrogens with zero attached hydrogens (tertiary/aromatic N) is 2. The number of thiophene rings is 1. The van der Waals surface area contributed by atoms with Crippen molar-refractivity contribution in [1.29, 1.82) is 0 Å². The number of benzene rings is 1. The molecule has 3 aromatic rings. The molecule has 1 N–H and O–H groups in total. The molecular weight excluding hydrogens is 318 g/mol. The third-order valence-corrected chi connectivity index (χ3v) is 6.33. The Balaban J connectivity index is 1.58. The molecule has 0 radical (unpaired) electrons. The van der Waals surface area contributed by atoms with Crippen LogP contribution in [0.1, 0.15) is 11.3 Å². The Kier molecular flexibility index (Phi) is 4.28. The SMILES string of the molecule is Cc1ccc(S(=O)(=O)NCCCn2cnc3ccccc32)s1. The van der Waals surface area contributed by atoms with E-state index in [0.29, 0.717) is 17.2 Å². The topological polar surface area (TPSA) is 64.0 Å². The highest BCUT2D eigenvalue weighted by atomic mass is 32.2. The van der Waals surface area contributed by atoms with Gasteiger partial charge in [0.05, 0.1) is 17.4 Å². The van der Waals surface area contributed by atoms with Crippen LogP contribution < -0.4 is 4.72 Å². The highest BCUT2D eigenvalue weighted by Gasteiger charge is 2.15. The van der Waals surface area contributed by atoms with E-state index in [1.54, 1.807) is 12.4 Å². The van der Waals surface area contributed by atoms with Crippen LogP contribution in [0, 0.1) is 6.92 Å². The highest BCUT2D eigenvalue weighted by molar-refractivity contribution is 7.91. The number of fused-ring (bicyclic) bond motifs is 1. The fourth-order valence-electron chi connectivity index (χ4n) is 2.27. The van der Waals surface area contributed by atoms with Crippen molar-refractivity contribution in [1.82, 2.24) is 14.3 Å². The fourth-order valence-corrected chi connectivity index (χ4v) is 4.67. The zero-order chi connectivity index (χ0) is 15.6. The molecule has 3 rings (SSSR count). The van der Waals surface area contributed by atoms with Gasteiger partial charge in [-0.1, -0.05) is 12.1 Å². The minimum absolute atomic E-state index is 0.373. The van der Waals surface area contributed by atoms with Crippen molar-refractivity contribution in [2.24, 2.45) is 0 Å². The summed E-state index contributed by atoms with van der Waals surface area (Å²) < 4.78 is 29.3. The van der Waals surface area contributed by atoms with Gasteiger partial charge in [-0.2, -0.15) is 0 Å². The van der Waals surface area contributed by atoms with Crippen molar-refractivity contribution in [3.05, 3.63) is 47.6 Å². The molecule has 0 aliphatic heterocycles. The van der Waals surface area contributed by atoms with Crippen LogP contribution in [0.2, 0.25) is 0 Å². The van der Waals surface area contributed by atoms with E-state index in [-0.39, 0.29) is 0 Å². The van der Waals surface area contributed by atoms with Crippen LogP contribution in [0.15, 0.2) is 46.9 Å². The summed E-state index contributed by atoms with van der Waals surface area (Å²) in [4.78, 5) is 5.31. The lowest BCUT2D eigenvalue weighted by molar-refractivity contribution is 0.573. The van der Waals surface area contributed by atoms with E-state index in [2.05, 4.69) is 9.71 Å². The second kappa shape index (κ2) is 6.20. The third kappa shape index (κ3) is 3.21. The molecule has 2 aromatic heterocycles. The molecule has 116 valence electrons. The van der Waals surface area contributed by atoms with Gasteiger partial charge in [0.2, 0.25) is 10.0 Å². The Morgan fingerprint density at radius 2 is 2.05 bits per heavy atom. The number of hydrogen-bond acceptors (Lipinski definition) is 4. The number of para-hydroxylation sites is 2. The van der Waals surface area contributed by atoms with Crippen LogP contribution in [0.5, 0.6) is 0 Å². The lowest BCUT2D eigenvalue weighted by atomic mass is 10.3. The van der Waals surface area contributed by atoms with Gasteiger partial charge < -0.3 is 4.57 Å². The average molecular weight is 335 g/mol. The molecule has 0 spiro atoms. The Labute approximate surface area is 133 Å². The number of aromatic nitrogens is 2. The van der Waals surface area contributed by atoms with Crippen molar-refractivity contribution in [3.8, 4) is 0 Å². The summed E-state index contributed by atoms with van der Waals surface area (Å²) in [6.45, 7) is 3.03. The zero-order valence-corrected chi connectivity index (χ0v) is 13.8. The second-order valence-electron chi connectivity index (χ2n) is 5.04. The van der Waals surface area contributed by atoms with Gasteiger partial charge in [-0.05, 0) is 37.6 Å². The maximum Gasteiger partial charge on any atom is 0.250 e. The van der Waals surface area contributed by atoms with Gasteiger partial charge in [-0.15, -0.1) is 11.3 Å². The van der Waals surface area contributed by atoms with E-state index in [0.717, 1.165) is 22.5 Å². The van der Waals surface area contributed by atoms with Crippen molar-refractivity contribution in [2.45, 2.75) is 24.1 Å². The molecule has 22 heavy (non-hydrogen) atoms. The summed E-state index contributed by atoms with van der Waals surface area (Å²) in [6, 6.07) is 11.4. The summed E-state index contributed by atoms with van der Waals surface area (Å²) in [7, 11) is -3.38. The van der Waals surface area contributed by atoms with E-state index in [1.807, 2.05) is 41.8 Å². The Hall–Kier alpha value is -1.70. The van der Waals surface area contributed by atoms with Crippen LogP contribution in [-0.2, 0) is 16.6 Å². The standard InChI is InChI=1S/C15H17N3O2S2/c1-12-7-8-15(21-12)22(19,20)17-9-4-10-18-11-16-13-5-2-3-6-14(13)18/h2-3,5-8,11,17H,4,9-10H2,1H3. The predicted octanol–water partition coefficient (Wildman–Crippen LogP) is 2.77. The second-order valence-corrected chi connectivity index (χ2v) is 8.32. The minimum Gasteiger partial charge on any atom is -0.331 e. The van der Waals surface area contributed by atoms with Gasteiger partial charge in [0.15, 0.2) is 0 Å². The maximum atomic E-state index is 12.1. The summed E-state index contributed by atoms with van der Waals surface area (Å²) in [6.07, 6.45) is 2.51.